The average molecular weight is 173 g/mol. The molecule has 1 aliphatic heterocycles. The summed E-state index contributed by atoms with van der Waals surface area (Å²) in [7, 11) is 0. The molecular weight excluding hydrogens is 162 g/mol. The molecule has 0 aromatic carbocycles. The molecule has 11 heavy (non-hydrogen) atoms. The zero-order valence-corrected chi connectivity index (χ0v) is 7.24. The van der Waals surface area contributed by atoms with Crippen LogP contribution in [0.15, 0.2) is 0 Å². The maximum atomic E-state index is 11.0. The summed E-state index contributed by atoms with van der Waals surface area (Å²) in [6, 6.07) is -0.192. The molecule has 1 saturated heterocycles. The molecule has 4 heteroatoms. The van der Waals surface area contributed by atoms with Crippen LogP contribution in [-0.4, -0.2) is 23.6 Å². The van der Waals surface area contributed by atoms with Gasteiger partial charge in [-0.15, -0.1) is 0 Å². The van der Waals surface area contributed by atoms with Gasteiger partial charge >= 0.3 is 5.97 Å². The Labute approximate surface area is 71.1 Å². The Balaban J connectivity index is 2.37. The molecule has 0 amide bonds. The Morgan fingerprint density at radius 3 is 3.09 bits per heavy atom. The van der Waals surface area contributed by atoms with Crippen molar-refractivity contribution >= 4 is 23.2 Å². The molecule has 0 aromatic rings. The predicted octanol–water partition coefficient (Wildman–Crippen LogP) is 0.629. The summed E-state index contributed by atoms with van der Waals surface area (Å²) in [5.74, 6) is -0.188. The van der Waals surface area contributed by atoms with Crippen LogP contribution < -0.4 is 5.32 Å². The topological polar surface area (TPSA) is 38.3 Å². The first kappa shape index (κ1) is 8.46. The molecule has 62 valence electrons. The molecule has 1 N–H and O–H groups in total. The fourth-order valence-electron chi connectivity index (χ4n) is 1.03. The lowest BCUT2D eigenvalue weighted by molar-refractivity contribution is -0.145. The van der Waals surface area contributed by atoms with E-state index < -0.39 is 0 Å². The highest BCUT2D eigenvalue weighted by Gasteiger charge is 2.25. The minimum Gasteiger partial charge on any atom is -0.464 e. The van der Waals surface area contributed by atoms with Crippen molar-refractivity contribution in [3.63, 3.8) is 0 Å². The number of carbonyl (C=O) groups excluding carboxylic acids is 1. The summed E-state index contributed by atoms with van der Waals surface area (Å²) in [5.41, 5.74) is 0. The van der Waals surface area contributed by atoms with Crippen LogP contribution in [0.2, 0.25) is 0 Å². The van der Waals surface area contributed by atoms with Crippen molar-refractivity contribution in [2.45, 2.75) is 25.8 Å². The second-order valence-corrected chi connectivity index (χ2v) is 2.90. The summed E-state index contributed by atoms with van der Waals surface area (Å²) >= 11 is 4.88. The van der Waals surface area contributed by atoms with Crippen molar-refractivity contribution in [3.05, 3.63) is 0 Å². The van der Waals surface area contributed by atoms with Crippen LogP contribution in [0, 0.1) is 0 Å². The summed E-state index contributed by atoms with van der Waals surface area (Å²) in [6.45, 7) is 2.23. The van der Waals surface area contributed by atoms with E-state index in [1.165, 1.54) is 0 Å². The number of hydrogen-bond acceptors (Lipinski definition) is 3. The van der Waals surface area contributed by atoms with Crippen LogP contribution in [-0.2, 0) is 9.53 Å². The van der Waals surface area contributed by atoms with Gasteiger partial charge in [0, 0.05) is 6.42 Å². The molecule has 0 spiro atoms. The summed E-state index contributed by atoms with van der Waals surface area (Å²) in [6.07, 6.45) is 1.58. The minimum absolute atomic E-state index is 0.188. The molecule has 0 saturated carbocycles. The second-order valence-electron chi connectivity index (χ2n) is 2.41. The Morgan fingerprint density at radius 1 is 1.91 bits per heavy atom. The normalized spacial score (nSPS) is 23.0. The van der Waals surface area contributed by atoms with Gasteiger partial charge in [-0.3, -0.25) is 0 Å². The van der Waals surface area contributed by atoms with E-state index in [1.807, 2.05) is 0 Å². The third-order valence-corrected chi connectivity index (χ3v) is 1.89. The quantitative estimate of drug-likeness (QED) is 0.491. The van der Waals surface area contributed by atoms with E-state index in [0.29, 0.717) is 6.61 Å². The van der Waals surface area contributed by atoms with Crippen LogP contribution >= 0.6 is 12.2 Å². The van der Waals surface area contributed by atoms with E-state index >= 15 is 0 Å². The molecule has 1 atom stereocenters. The first-order valence-corrected chi connectivity index (χ1v) is 4.11. The van der Waals surface area contributed by atoms with Crippen LogP contribution in [0.4, 0.5) is 0 Å². The van der Waals surface area contributed by atoms with Crippen molar-refractivity contribution in [1.82, 2.24) is 5.32 Å². The van der Waals surface area contributed by atoms with Gasteiger partial charge in [0.2, 0.25) is 0 Å². The number of thiocarbonyl (C=S) groups is 1. The Hall–Kier alpha value is -0.640. The minimum atomic E-state index is -0.192. The highest BCUT2D eigenvalue weighted by molar-refractivity contribution is 7.80. The Morgan fingerprint density at radius 2 is 2.64 bits per heavy atom. The van der Waals surface area contributed by atoms with Gasteiger partial charge in [-0.25, -0.2) is 4.79 Å². The highest BCUT2D eigenvalue weighted by Crippen LogP contribution is 2.08. The van der Waals surface area contributed by atoms with Gasteiger partial charge in [0.1, 0.15) is 6.04 Å². The molecule has 0 aliphatic carbocycles. The first-order chi connectivity index (χ1) is 5.24. The predicted molar refractivity (Wildman–Crippen MR) is 45.4 cm³/mol. The van der Waals surface area contributed by atoms with E-state index in [4.69, 9.17) is 17.0 Å². The number of esters is 1. The van der Waals surface area contributed by atoms with Gasteiger partial charge in [-0.1, -0.05) is 12.2 Å². The molecule has 1 heterocycles. The van der Waals surface area contributed by atoms with E-state index in [9.17, 15) is 4.79 Å². The zero-order chi connectivity index (χ0) is 8.27. The number of nitrogens with one attached hydrogen (secondary N) is 1. The molecule has 0 bridgehead atoms. The van der Waals surface area contributed by atoms with Crippen LogP contribution in [0.25, 0.3) is 0 Å². The number of hydrogen-bond donors (Lipinski definition) is 1. The van der Waals surface area contributed by atoms with Crippen molar-refractivity contribution in [2.24, 2.45) is 0 Å². The van der Waals surface area contributed by atoms with E-state index in [-0.39, 0.29) is 12.0 Å². The highest BCUT2D eigenvalue weighted by atomic mass is 32.1. The number of rotatable bonds is 2. The van der Waals surface area contributed by atoms with Crippen LogP contribution in [0.5, 0.6) is 0 Å². The Bertz CT molecular complexity index is 181. The average Bonchev–Trinajstić information content (AvgIpc) is 2.36. The SMILES string of the molecule is CCOC(=O)C1CCC(=S)N1. The Kier molecular flexibility index (Phi) is 2.82. The third-order valence-electron chi connectivity index (χ3n) is 1.57. The molecule has 0 radical (unpaired) electrons. The molecule has 3 nitrogen and oxygen atoms in total. The van der Waals surface area contributed by atoms with Crippen LogP contribution in [0.3, 0.4) is 0 Å². The molecular formula is C7H11NO2S. The summed E-state index contributed by atoms with van der Waals surface area (Å²) < 4.78 is 4.81. The van der Waals surface area contributed by atoms with Gasteiger partial charge in [0.25, 0.3) is 0 Å². The molecule has 1 aliphatic rings. The molecule has 1 rings (SSSR count). The molecule has 1 unspecified atom stereocenters. The lowest BCUT2D eigenvalue weighted by Gasteiger charge is -2.08. The standard InChI is InChI=1S/C7H11NO2S/c1-2-10-7(9)5-3-4-6(11)8-5/h5H,2-4H2,1H3,(H,8,11). The van der Waals surface area contributed by atoms with Gasteiger partial charge in [0.05, 0.1) is 11.6 Å². The van der Waals surface area contributed by atoms with Gasteiger partial charge < -0.3 is 10.1 Å². The second kappa shape index (κ2) is 3.67. The fraction of sp³-hybridized carbons (Fsp3) is 0.714. The smallest absolute Gasteiger partial charge is 0.328 e. The zero-order valence-electron chi connectivity index (χ0n) is 6.42. The largest absolute Gasteiger partial charge is 0.464 e. The van der Waals surface area contributed by atoms with Crippen molar-refractivity contribution in [1.29, 1.82) is 0 Å². The monoisotopic (exact) mass is 173 g/mol. The van der Waals surface area contributed by atoms with E-state index in [2.05, 4.69) is 5.32 Å². The third kappa shape index (κ3) is 2.15. The summed E-state index contributed by atoms with van der Waals surface area (Å²) in [4.78, 5) is 11.8. The van der Waals surface area contributed by atoms with Gasteiger partial charge in [0.15, 0.2) is 0 Å². The lowest BCUT2D eigenvalue weighted by atomic mass is 10.2. The maximum Gasteiger partial charge on any atom is 0.328 e. The maximum absolute atomic E-state index is 11.0. The van der Waals surface area contributed by atoms with E-state index in [0.717, 1.165) is 17.8 Å². The number of ether oxygens (including phenoxy) is 1. The first-order valence-electron chi connectivity index (χ1n) is 3.70. The molecule has 0 aromatic heterocycles. The fourth-order valence-corrected chi connectivity index (χ4v) is 1.29. The number of carbonyl (C=O) groups is 1. The van der Waals surface area contributed by atoms with E-state index in [1.54, 1.807) is 6.92 Å². The lowest BCUT2D eigenvalue weighted by Crippen LogP contribution is -2.33. The van der Waals surface area contributed by atoms with Crippen molar-refractivity contribution in [3.8, 4) is 0 Å². The molecule has 1 fully saturated rings. The van der Waals surface area contributed by atoms with Gasteiger partial charge in [-0.05, 0) is 13.3 Å². The van der Waals surface area contributed by atoms with Crippen LogP contribution in [0.1, 0.15) is 19.8 Å². The van der Waals surface area contributed by atoms with Gasteiger partial charge in [-0.2, -0.15) is 0 Å². The summed E-state index contributed by atoms with van der Waals surface area (Å²) in [5, 5.41) is 2.90. The van der Waals surface area contributed by atoms with Crippen molar-refractivity contribution < 1.29 is 9.53 Å². The van der Waals surface area contributed by atoms with Crippen molar-refractivity contribution in [2.75, 3.05) is 6.61 Å².